The van der Waals surface area contributed by atoms with Gasteiger partial charge in [0.1, 0.15) is 0 Å². The number of benzene rings is 2. The van der Waals surface area contributed by atoms with Crippen LogP contribution in [0.25, 0.3) is 11.3 Å². The van der Waals surface area contributed by atoms with Gasteiger partial charge in [0, 0.05) is 43.1 Å². The third kappa shape index (κ3) is 5.00. The van der Waals surface area contributed by atoms with E-state index in [0.717, 1.165) is 60.1 Å². The Balaban J connectivity index is 1.43. The van der Waals surface area contributed by atoms with Crippen molar-refractivity contribution >= 4 is 23.2 Å². The highest BCUT2D eigenvalue weighted by molar-refractivity contribution is 6.00. The molecule has 160 valence electrons. The lowest BCUT2D eigenvalue weighted by atomic mass is 10.1. The lowest BCUT2D eigenvalue weighted by Crippen LogP contribution is -2.44. The number of piperazine rings is 1. The van der Waals surface area contributed by atoms with E-state index >= 15 is 0 Å². The summed E-state index contributed by atoms with van der Waals surface area (Å²) in [6, 6.07) is 17.2. The van der Waals surface area contributed by atoms with Gasteiger partial charge in [-0.1, -0.05) is 24.3 Å². The normalized spacial score (nSPS) is 14.4. The zero-order chi connectivity index (χ0) is 21.8. The number of nitrogens with zero attached hydrogens (tertiary/aromatic N) is 4. The molecule has 2 amide bonds. The minimum Gasteiger partial charge on any atom is -0.353 e. The second-order valence-electron chi connectivity index (χ2n) is 7.97. The maximum absolute atomic E-state index is 12.5. The SMILES string of the molecule is Cc1cccc(NC(=O)Nc2cccc(-c3ccc(N4CCN(C)CC4)nn3)c2)c1C. The third-order valence-electron chi connectivity index (χ3n) is 5.75. The fourth-order valence-corrected chi connectivity index (χ4v) is 3.61. The zero-order valence-corrected chi connectivity index (χ0v) is 18.2. The average molecular weight is 417 g/mol. The molecule has 1 saturated heterocycles. The van der Waals surface area contributed by atoms with Gasteiger partial charge in [0.05, 0.1) is 5.69 Å². The van der Waals surface area contributed by atoms with Crippen molar-refractivity contribution in [1.29, 1.82) is 0 Å². The van der Waals surface area contributed by atoms with Crippen molar-refractivity contribution < 1.29 is 4.79 Å². The second-order valence-corrected chi connectivity index (χ2v) is 7.97. The summed E-state index contributed by atoms with van der Waals surface area (Å²) in [6.07, 6.45) is 0. The molecular weight excluding hydrogens is 388 g/mol. The summed E-state index contributed by atoms with van der Waals surface area (Å²) in [5, 5.41) is 14.7. The van der Waals surface area contributed by atoms with Crippen LogP contribution >= 0.6 is 0 Å². The topological polar surface area (TPSA) is 73.4 Å². The molecule has 0 unspecified atom stereocenters. The van der Waals surface area contributed by atoms with Gasteiger partial charge in [-0.25, -0.2) is 4.79 Å². The number of nitrogens with one attached hydrogen (secondary N) is 2. The molecule has 1 aliphatic rings. The number of carbonyl (C=O) groups excluding carboxylic acids is 1. The zero-order valence-electron chi connectivity index (χ0n) is 18.2. The summed E-state index contributed by atoms with van der Waals surface area (Å²) >= 11 is 0. The predicted octanol–water partition coefficient (Wildman–Crippen LogP) is 4.16. The van der Waals surface area contributed by atoms with Gasteiger partial charge in [0.25, 0.3) is 0 Å². The molecule has 2 N–H and O–H groups in total. The molecule has 0 radical (unpaired) electrons. The van der Waals surface area contributed by atoms with Crippen LogP contribution in [0, 0.1) is 13.8 Å². The summed E-state index contributed by atoms with van der Waals surface area (Å²) in [5.74, 6) is 0.902. The summed E-state index contributed by atoms with van der Waals surface area (Å²) in [6.45, 7) is 8.00. The van der Waals surface area contributed by atoms with Crippen molar-refractivity contribution in [3.8, 4) is 11.3 Å². The number of rotatable bonds is 4. The number of likely N-dealkylation sites (N-methyl/N-ethyl adjacent to an activating group) is 1. The molecular formula is C24H28N6O. The third-order valence-corrected chi connectivity index (χ3v) is 5.75. The van der Waals surface area contributed by atoms with Gasteiger partial charge in [-0.15, -0.1) is 10.2 Å². The number of hydrogen-bond donors (Lipinski definition) is 2. The van der Waals surface area contributed by atoms with Crippen LogP contribution in [-0.4, -0.2) is 54.4 Å². The molecule has 7 heteroatoms. The van der Waals surface area contributed by atoms with E-state index in [9.17, 15) is 4.79 Å². The minimum absolute atomic E-state index is 0.276. The van der Waals surface area contributed by atoms with Crippen LogP contribution in [0.1, 0.15) is 11.1 Å². The second kappa shape index (κ2) is 9.14. The Bertz CT molecular complexity index is 1060. The number of anilines is 3. The van der Waals surface area contributed by atoms with E-state index in [0.29, 0.717) is 5.69 Å². The molecule has 3 aromatic rings. The molecule has 1 aliphatic heterocycles. The lowest BCUT2D eigenvalue weighted by Gasteiger charge is -2.32. The number of amides is 2. The Morgan fingerprint density at radius 3 is 2.42 bits per heavy atom. The van der Waals surface area contributed by atoms with Crippen molar-refractivity contribution in [2.75, 3.05) is 48.8 Å². The van der Waals surface area contributed by atoms with Gasteiger partial charge in [0.15, 0.2) is 5.82 Å². The summed E-state index contributed by atoms with van der Waals surface area (Å²) in [5.41, 5.74) is 5.38. The fraction of sp³-hybridized carbons (Fsp3) is 0.292. The minimum atomic E-state index is -0.276. The Hall–Kier alpha value is -3.45. The Morgan fingerprint density at radius 1 is 0.903 bits per heavy atom. The van der Waals surface area contributed by atoms with Crippen LogP contribution in [0.15, 0.2) is 54.6 Å². The van der Waals surface area contributed by atoms with Gasteiger partial charge in [0.2, 0.25) is 0 Å². The first kappa shape index (κ1) is 20.8. The van der Waals surface area contributed by atoms with E-state index in [4.69, 9.17) is 0 Å². The molecule has 7 nitrogen and oxygen atoms in total. The van der Waals surface area contributed by atoms with Crippen LogP contribution < -0.4 is 15.5 Å². The summed E-state index contributed by atoms with van der Waals surface area (Å²) in [7, 11) is 2.13. The highest BCUT2D eigenvalue weighted by atomic mass is 16.2. The van der Waals surface area contributed by atoms with E-state index < -0.39 is 0 Å². The quantitative estimate of drug-likeness (QED) is 0.668. The first-order valence-corrected chi connectivity index (χ1v) is 10.5. The number of hydrogen-bond acceptors (Lipinski definition) is 5. The highest BCUT2D eigenvalue weighted by Gasteiger charge is 2.16. The molecule has 31 heavy (non-hydrogen) atoms. The van der Waals surface area contributed by atoms with Crippen LogP contribution in [0.5, 0.6) is 0 Å². The molecule has 0 aliphatic carbocycles. The van der Waals surface area contributed by atoms with Crippen LogP contribution in [0.3, 0.4) is 0 Å². The van der Waals surface area contributed by atoms with E-state index in [1.165, 1.54) is 0 Å². The summed E-state index contributed by atoms with van der Waals surface area (Å²) in [4.78, 5) is 17.0. The lowest BCUT2D eigenvalue weighted by molar-refractivity contribution is 0.262. The van der Waals surface area contributed by atoms with Gasteiger partial charge in [-0.05, 0) is 62.4 Å². The van der Waals surface area contributed by atoms with Crippen molar-refractivity contribution in [2.45, 2.75) is 13.8 Å². The Labute approximate surface area is 183 Å². The average Bonchev–Trinajstić information content (AvgIpc) is 2.78. The number of aryl methyl sites for hydroxylation is 1. The molecule has 2 heterocycles. The smallest absolute Gasteiger partial charge is 0.323 e. The van der Waals surface area contributed by atoms with E-state index in [-0.39, 0.29) is 6.03 Å². The molecule has 0 bridgehead atoms. The van der Waals surface area contributed by atoms with Crippen LogP contribution in [0.4, 0.5) is 22.0 Å². The number of urea groups is 1. The maximum atomic E-state index is 12.5. The Morgan fingerprint density at radius 2 is 1.68 bits per heavy atom. The van der Waals surface area contributed by atoms with E-state index in [1.807, 2.05) is 68.4 Å². The monoisotopic (exact) mass is 416 g/mol. The molecule has 0 atom stereocenters. The molecule has 0 saturated carbocycles. The van der Waals surface area contributed by atoms with Crippen molar-refractivity contribution in [2.24, 2.45) is 0 Å². The predicted molar refractivity (Wildman–Crippen MR) is 126 cm³/mol. The standard InChI is InChI=1S/C24H28N6O/c1-17-6-4-9-21(18(17)2)26-24(31)25-20-8-5-7-19(16-20)22-10-11-23(28-27-22)30-14-12-29(3)13-15-30/h4-11,16H,12-15H2,1-3H3,(H2,25,26,31). The van der Waals surface area contributed by atoms with Crippen LogP contribution in [0.2, 0.25) is 0 Å². The van der Waals surface area contributed by atoms with Crippen molar-refractivity contribution in [1.82, 2.24) is 15.1 Å². The molecule has 4 rings (SSSR count). The molecule has 1 aromatic heterocycles. The number of aromatic nitrogens is 2. The highest BCUT2D eigenvalue weighted by Crippen LogP contribution is 2.23. The first-order valence-electron chi connectivity index (χ1n) is 10.5. The number of carbonyl (C=O) groups is 1. The van der Waals surface area contributed by atoms with Gasteiger partial charge in [-0.3, -0.25) is 0 Å². The fourth-order valence-electron chi connectivity index (χ4n) is 3.61. The van der Waals surface area contributed by atoms with Crippen molar-refractivity contribution in [3.05, 3.63) is 65.7 Å². The van der Waals surface area contributed by atoms with Crippen LogP contribution in [-0.2, 0) is 0 Å². The van der Waals surface area contributed by atoms with Gasteiger partial charge >= 0.3 is 6.03 Å². The van der Waals surface area contributed by atoms with E-state index in [2.05, 4.69) is 37.7 Å². The molecule has 2 aromatic carbocycles. The van der Waals surface area contributed by atoms with Gasteiger partial charge < -0.3 is 20.4 Å². The van der Waals surface area contributed by atoms with Crippen molar-refractivity contribution in [3.63, 3.8) is 0 Å². The largest absolute Gasteiger partial charge is 0.353 e. The molecule has 0 spiro atoms. The maximum Gasteiger partial charge on any atom is 0.323 e. The summed E-state index contributed by atoms with van der Waals surface area (Å²) < 4.78 is 0. The first-order chi connectivity index (χ1) is 15.0. The Kier molecular flexibility index (Phi) is 6.13. The van der Waals surface area contributed by atoms with E-state index in [1.54, 1.807) is 0 Å². The molecule has 1 fully saturated rings. The van der Waals surface area contributed by atoms with Gasteiger partial charge in [-0.2, -0.15) is 0 Å².